The Hall–Kier alpha value is -4.30. The lowest BCUT2D eigenvalue weighted by atomic mass is 9.64. The summed E-state index contributed by atoms with van der Waals surface area (Å²) in [6, 6.07) is 0. The average Bonchev–Trinajstić information content (AvgIpc) is 3.30. The number of carbonyl (C=O) groups excluding carboxylic acids is 6. The van der Waals surface area contributed by atoms with E-state index < -0.39 is 108 Å². The third-order valence-corrected chi connectivity index (χ3v) is 7.53. The van der Waals surface area contributed by atoms with Gasteiger partial charge in [0.2, 0.25) is 23.0 Å². The third kappa shape index (κ3) is 5.56. The van der Waals surface area contributed by atoms with E-state index in [1.165, 1.54) is 0 Å². The van der Waals surface area contributed by atoms with Crippen molar-refractivity contribution in [2.75, 3.05) is 13.2 Å². The van der Waals surface area contributed by atoms with Crippen LogP contribution in [0.15, 0.2) is 75.9 Å². The van der Waals surface area contributed by atoms with Gasteiger partial charge in [0.05, 0.1) is 13.2 Å². The van der Waals surface area contributed by atoms with Gasteiger partial charge in [-0.05, 0) is 24.3 Å². The number of aliphatic hydroxyl groups is 6. The minimum Gasteiger partial charge on any atom is -0.438 e. The molecule has 0 spiro atoms. The fourth-order valence-corrected chi connectivity index (χ4v) is 5.33. The number of ether oxygens (including phenoxy) is 5. The van der Waals surface area contributed by atoms with Gasteiger partial charge in [0.25, 0.3) is 17.0 Å². The standard InChI is InChI=1S/C30H34O17/c1-7-16(33)27(42)20(14-32)44-30(29(27,19(36)10-4)46-22(38)12-6,47-26-25(41)24(40)23(39)15(13-31)43-26)28(17(34)8-2,18(35)9-3)45-21(37)11-5/h7-12,15,20,23-26,31-32,39-42H,1-6,13-14H2/t15-,20-,23-,24+,25-,26-,27-,29+,30+/m1/s1. The van der Waals surface area contributed by atoms with Crippen molar-refractivity contribution in [2.24, 2.45) is 0 Å². The van der Waals surface area contributed by atoms with Gasteiger partial charge in [0.1, 0.15) is 30.5 Å². The molecule has 0 aromatic carbocycles. The Morgan fingerprint density at radius 1 is 0.723 bits per heavy atom. The maximum atomic E-state index is 14.2. The first kappa shape index (κ1) is 38.9. The second-order valence-corrected chi connectivity index (χ2v) is 9.87. The molecular formula is C30H34O17. The molecule has 0 aromatic heterocycles. The van der Waals surface area contributed by atoms with Gasteiger partial charge in [-0.15, -0.1) is 0 Å². The minimum atomic E-state index is -4.15. The zero-order chi connectivity index (χ0) is 36.1. The number of hydrogen-bond acceptors (Lipinski definition) is 17. The summed E-state index contributed by atoms with van der Waals surface area (Å²) in [5.74, 6) is -14.7. The van der Waals surface area contributed by atoms with E-state index in [1.807, 2.05) is 0 Å². The lowest BCUT2D eigenvalue weighted by Gasteiger charge is -2.53. The molecule has 256 valence electrons. The van der Waals surface area contributed by atoms with E-state index in [0.717, 1.165) is 0 Å². The summed E-state index contributed by atoms with van der Waals surface area (Å²) in [6.07, 6.45) is -11.9. The quantitative estimate of drug-likeness (QED) is 0.0501. The van der Waals surface area contributed by atoms with E-state index in [0.29, 0.717) is 30.4 Å². The molecule has 2 rings (SSSR count). The summed E-state index contributed by atoms with van der Waals surface area (Å²) in [4.78, 5) is 81.7. The molecule has 0 unspecified atom stereocenters. The van der Waals surface area contributed by atoms with Crippen molar-refractivity contribution in [2.45, 2.75) is 59.4 Å². The first-order chi connectivity index (χ1) is 22.0. The van der Waals surface area contributed by atoms with E-state index >= 15 is 0 Å². The highest BCUT2D eigenvalue weighted by Gasteiger charge is 2.91. The van der Waals surface area contributed by atoms with E-state index in [2.05, 4.69) is 39.5 Å². The Balaban J connectivity index is 3.48. The SMILES string of the molecule is C=CC(=O)OC(C(=O)C=C)(C(=O)C=C)[C@@]1(O[C@H]2O[C@H](CO)[C@@H](O)[C@H](O)[C@H]2O)O[C@H](CO)[C@](O)(C(=O)C=C)[C@@]1(OC(=O)C=C)C(=O)C=C. The molecule has 0 bridgehead atoms. The zero-order valence-electron chi connectivity index (χ0n) is 24.8. The molecule has 2 saturated heterocycles. The van der Waals surface area contributed by atoms with Crippen molar-refractivity contribution in [3.8, 4) is 0 Å². The number of rotatable bonds is 17. The zero-order valence-corrected chi connectivity index (χ0v) is 24.8. The molecule has 9 atom stereocenters. The van der Waals surface area contributed by atoms with Crippen molar-refractivity contribution in [1.29, 1.82) is 0 Å². The predicted octanol–water partition coefficient (Wildman–Crippen LogP) is -3.42. The lowest BCUT2D eigenvalue weighted by molar-refractivity contribution is -0.410. The van der Waals surface area contributed by atoms with Crippen LogP contribution in [-0.4, -0.2) is 138 Å². The van der Waals surface area contributed by atoms with E-state index in [4.69, 9.17) is 23.7 Å². The van der Waals surface area contributed by atoms with Crippen LogP contribution in [0.5, 0.6) is 0 Å². The molecule has 47 heavy (non-hydrogen) atoms. The van der Waals surface area contributed by atoms with Crippen LogP contribution in [0.2, 0.25) is 0 Å². The van der Waals surface area contributed by atoms with Gasteiger partial charge in [0.15, 0.2) is 12.1 Å². The molecule has 6 N–H and O–H groups in total. The summed E-state index contributed by atoms with van der Waals surface area (Å²) < 4.78 is 27.5. The highest BCUT2D eigenvalue weighted by atomic mass is 16.8. The number of carbonyl (C=O) groups is 6. The summed E-state index contributed by atoms with van der Waals surface area (Å²) in [6.45, 7) is 16.6. The highest BCUT2D eigenvalue weighted by molar-refractivity contribution is 6.22. The van der Waals surface area contributed by atoms with Crippen LogP contribution in [0.4, 0.5) is 0 Å². The van der Waals surface area contributed by atoms with Crippen molar-refractivity contribution >= 4 is 35.1 Å². The van der Waals surface area contributed by atoms with E-state index in [9.17, 15) is 59.4 Å². The Kier molecular flexibility index (Phi) is 12.1. The summed E-state index contributed by atoms with van der Waals surface area (Å²) in [5.41, 5.74) is -11.8. The third-order valence-electron chi connectivity index (χ3n) is 7.53. The average molecular weight is 667 g/mol. The number of esters is 2. The summed E-state index contributed by atoms with van der Waals surface area (Å²) in [7, 11) is 0. The molecular weight excluding hydrogens is 632 g/mol. The van der Waals surface area contributed by atoms with Crippen LogP contribution in [0, 0.1) is 0 Å². The van der Waals surface area contributed by atoms with Gasteiger partial charge in [0, 0.05) is 12.2 Å². The topological polar surface area (TPSA) is 270 Å². The molecule has 17 heteroatoms. The molecule has 0 aromatic rings. The highest BCUT2D eigenvalue weighted by Crippen LogP contribution is 2.58. The van der Waals surface area contributed by atoms with Crippen LogP contribution in [-0.2, 0) is 52.5 Å². The van der Waals surface area contributed by atoms with Crippen molar-refractivity contribution in [1.82, 2.24) is 0 Å². The molecule has 2 aliphatic rings. The predicted molar refractivity (Wildman–Crippen MR) is 153 cm³/mol. The van der Waals surface area contributed by atoms with Crippen LogP contribution < -0.4 is 0 Å². The number of hydrogen-bond donors (Lipinski definition) is 6. The fraction of sp³-hybridized carbons (Fsp3) is 0.400. The van der Waals surface area contributed by atoms with Gasteiger partial charge in [-0.25, -0.2) is 9.59 Å². The maximum Gasteiger partial charge on any atom is 0.331 e. The van der Waals surface area contributed by atoms with Crippen molar-refractivity contribution in [3.05, 3.63) is 75.9 Å². The monoisotopic (exact) mass is 666 g/mol. The van der Waals surface area contributed by atoms with Gasteiger partial charge >= 0.3 is 11.9 Å². The van der Waals surface area contributed by atoms with E-state index in [-0.39, 0.29) is 6.08 Å². The smallest absolute Gasteiger partial charge is 0.331 e. The first-order valence-electron chi connectivity index (χ1n) is 13.4. The lowest BCUT2D eigenvalue weighted by Crippen LogP contribution is -2.83. The van der Waals surface area contributed by atoms with Crippen molar-refractivity contribution < 1.29 is 83.1 Å². The maximum absolute atomic E-state index is 14.2. The van der Waals surface area contributed by atoms with Crippen LogP contribution in [0.3, 0.4) is 0 Å². The molecule has 2 fully saturated rings. The van der Waals surface area contributed by atoms with Gasteiger partial charge in [-0.3, -0.25) is 19.2 Å². The Bertz CT molecular complexity index is 1360. The molecule has 2 aliphatic heterocycles. The number of ketones is 4. The van der Waals surface area contributed by atoms with Gasteiger partial charge in [-0.2, -0.15) is 0 Å². The molecule has 2 heterocycles. The Labute approximate surface area is 266 Å². The number of aliphatic hydroxyl groups excluding tert-OH is 5. The van der Waals surface area contributed by atoms with Crippen LogP contribution in [0.1, 0.15) is 0 Å². The Morgan fingerprint density at radius 2 is 1.26 bits per heavy atom. The summed E-state index contributed by atoms with van der Waals surface area (Å²) in [5, 5.41) is 64.2. The summed E-state index contributed by atoms with van der Waals surface area (Å²) >= 11 is 0. The molecule has 17 nitrogen and oxygen atoms in total. The van der Waals surface area contributed by atoms with Crippen LogP contribution >= 0.6 is 0 Å². The molecule has 0 radical (unpaired) electrons. The fourth-order valence-electron chi connectivity index (χ4n) is 5.33. The van der Waals surface area contributed by atoms with Crippen molar-refractivity contribution in [3.63, 3.8) is 0 Å². The Morgan fingerprint density at radius 3 is 1.68 bits per heavy atom. The normalized spacial score (nSPS) is 33.4. The minimum absolute atomic E-state index is 0.281. The second kappa shape index (κ2) is 14.6. The largest absolute Gasteiger partial charge is 0.438 e. The van der Waals surface area contributed by atoms with Gasteiger partial charge in [-0.1, -0.05) is 39.5 Å². The molecule has 0 amide bonds. The van der Waals surface area contributed by atoms with Crippen LogP contribution in [0.25, 0.3) is 0 Å². The van der Waals surface area contributed by atoms with E-state index in [1.54, 1.807) is 0 Å². The molecule has 0 saturated carbocycles. The molecule has 0 aliphatic carbocycles. The van der Waals surface area contributed by atoms with Gasteiger partial charge < -0.3 is 54.3 Å². The second-order valence-electron chi connectivity index (χ2n) is 9.87. The first-order valence-corrected chi connectivity index (χ1v) is 13.4.